The number of rotatable bonds is 5. The first-order valence-electron chi connectivity index (χ1n) is 5.89. The largest absolute Gasteiger partial charge is 0.389 e. The molecule has 0 amide bonds. The van der Waals surface area contributed by atoms with E-state index >= 15 is 0 Å². The molecule has 5 heteroatoms. The highest BCUT2D eigenvalue weighted by Gasteiger charge is 2.04. The third-order valence-corrected chi connectivity index (χ3v) is 2.95. The van der Waals surface area contributed by atoms with Crippen molar-refractivity contribution < 1.29 is 4.39 Å². The normalized spacial score (nSPS) is 10.2. The smallest absolute Gasteiger partial charge is 0.123 e. The number of aromatic nitrogens is 1. The van der Waals surface area contributed by atoms with E-state index in [0.29, 0.717) is 11.5 Å². The third kappa shape index (κ3) is 3.72. The number of nitrogens with zero attached hydrogens (tertiary/aromatic N) is 1. The number of thiocarbonyl (C=S) groups is 1. The zero-order valence-electron chi connectivity index (χ0n) is 10.3. The Bertz CT molecular complexity index is 569. The summed E-state index contributed by atoms with van der Waals surface area (Å²) in [5.74, 6) is -0.222. The highest BCUT2D eigenvalue weighted by molar-refractivity contribution is 7.80. The van der Waals surface area contributed by atoms with Crippen molar-refractivity contribution in [1.29, 1.82) is 0 Å². The predicted octanol–water partition coefficient (Wildman–Crippen LogP) is 2.51. The fourth-order valence-corrected chi connectivity index (χ4v) is 1.92. The molecule has 0 saturated heterocycles. The van der Waals surface area contributed by atoms with Crippen LogP contribution in [0.25, 0.3) is 0 Å². The number of halogens is 1. The average molecular weight is 275 g/mol. The van der Waals surface area contributed by atoms with Gasteiger partial charge in [-0.15, -0.1) is 0 Å². The Kier molecular flexibility index (Phi) is 4.41. The van der Waals surface area contributed by atoms with Crippen LogP contribution in [0.4, 0.5) is 10.1 Å². The molecule has 1 aromatic heterocycles. The van der Waals surface area contributed by atoms with E-state index in [1.807, 2.05) is 0 Å². The maximum absolute atomic E-state index is 12.8. The van der Waals surface area contributed by atoms with E-state index in [1.165, 1.54) is 12.1 Å². The summed E-state index contributed by atoms with van der Waals surface area (Å²) < 4.78 is 12.8. The Morgan fingerprint density at radius 1 is 1.26 bits per heavy atom. The summed E-state index contributed by atoms with van der Waals surface area (Å²) >= 11 is 4.98. The molecule has 1 aromatic carbocycles. The Balaban J connectivity index is 1.96. The summed E-state index contributed by atoms with van der Waals surface area (Å²) in [6.07, 6.45) is 4.13. The highest BCUT2D eigenvalue weighted by Crippen LogP contribution is 2.13. The van der Waals surface area contributed by atoms with Crippen LogP contribution in [0.3, 0.4) is 0 Å². The van der Waals surface area contributed by atoms with Crippen LogP contribution in [-0.2, 0) is 6.42 Å². The number of nitrogens with two attached hydrogens (primary N) is 1. The molecule has 0 unspecified atom stereocenters. The number of anilines is 1. The lowest BCUT2D eigenvalue weighted by molar-refractivity contribution is 0.627. The lowest BCUT2D eigenvalue weighted by Gasteiger charge is -2.10. The van der Waals surface area contributed by atoms with Crippen LogP contribution in [0, 0.1) is 5.82 Å². The van der Waals surface area contributed by atoms with E-state index in [1.54, 1.807) is 30.6 Å². The van der Waals surface area contributed by atoms with Gasteiger partial charge in [0.15, 0.2) is 0 Å². The van der Waals surface area contributed by atoms with Gasteiger partial charge in [-0.1, -0.05) is 24.4 Å². The standard InChI is InChI=1S/C14H14FN3S/c15-11-3-1-10(2-4-11)5-8-18-13-9-17-7-6-12(13)14(16)19/h1-4,6-7,9,18H,5,8H2,(H2,16,19). The molecular weight excluding hydrogens is 261 g/mol. The Hall–Kier alpha value is -2.01. The molecule has 2 aromatic rings. The van der Waals surface area contributed by atoms with E-state index in [-0.39, 0.29) is 5.82 Å². The molecule has 0 saturated carbocycles. The highest BCUT2D eigenvalue weighted by atomic mass is 32.1. The molecule has 0 fully saturated rings. The second kappa shape index (κ2) is 6.24. The minimum absolute atomic E-state index is 0.222. The lowest BCUT2D eigenvalue weighted by Crippen LogP contribution is -2.14. The van der Waals surface area contributed by atoms with E-state index < -0.39 is 0 Å². The van der Waals surface area contributed by atoms with E-state index in [2.05, 4.69) is 10.3 Å². The predicted molar refractivity (Wildman–Crippen MR) is 78.7 cm³/mol. The van der Waals surface area contributed by atoms with Gasteiger partial charge in [0, 0.05) is 18.3 Å². The van der Waals surface area contributed by atoms with Crippen molar-refractivity contribution >= 4 is 22.9 Å². The van der Waals surface area contributed by atoms with Crippen LogP contribution >= 0.6 is 12.2 Å². The molecule has 3 nitrogen and oxygen atoms in total. The molecule has 1 heterocycles. The molecule has 0 bridgehead atoms. The molecular formula is C14H14FN3S. The van der Waals surface area contributed by atoms with Gasteiger partial charge in [-0.05, 0) is 30.2 Å². The van der Waals surface area contributed by atoms with Crippen LogP contribution in [-0.4, -0.2) is 16.5 Å². The first-order valence-corrected chi connectivity index (χ1v) is 6.30. The van der Waals surface area contributed by atoms with Crippen molar-refractivity contribution in [2.75, 3.05) is 11.9 Å². The molecule has 0 spiro atoms. The van der Waals surface area contributed by atoms with Gasteiger partial charge >= 0.3 is 0 Å². The monoisotopic (exact) mass is 275 g/mol. The summed E-state index contributed by atoms with van der Waals surface area (Å²) in [5.41, 5.74) is 8.30. The molecule has 0 aliphatic carbocycles. The van der Waals surface area contributed by atoms with Crippen LogP contribution < -0.4 is 11.1 Å². The molecule has 19 heavy (non-hydrogen) atoms. The Morgan fingerprint density at radius 3 is 2.68 bits per heavy atom. The number of hydrogen-bond donors (Lipinski definition) is 2. The lowest BCUT2D eigenvalue weighted by atomic mass is 10.1. The molecule has 2 rings (SSSR count). The van der Waals surface area contributed by atoms with Crippen molar-refractivity contribution in [3.63, 3.8) is 0 Å². The summed E-state index contributed by atoms with van der Waals surface area (Å²) in [4.78, 5) is 4.38. The van der Waals surface area contributed by atoms with E-state index in [9.17, 15) is 4.39 Å². The number of nitrogens with one attached hydrogen (secondary N) is 1. The summed E-state index contributed by atoms with van der Waals surface area (Å²) in [7, 11) is 0. The maximum atomic E-state index is 12.8. The summed E-state index contributed by atoms with van der Waals surface area (Å²) in [5, 5.41) is 3.23. The summed E-state index contributed by atoms with van der Waals surface area (Å²) in [6, 6.07) is 8.24. The van der Waals surface area contributed by atoms with Crippen molar-refractivity contribution in [1.82, 2.24) is 4.98 Å². The quantitative estimate of drug-likeness (QED) is 0.823. The SMILES string of the molecule is NC(=S)c1ccncc1NCCc1ccc(F)cc1. The van der Waals surface area contributed by atoms with Gasteiger partial charge in [-0.2, -0.15) is 0 Å². The summed E-state index contributed by atoms with van der Waals surface area (Å²) in [6.45, 7) is 0.701. The number of pyridine rings is 1. The minimum Gasteiger partial charge on any atom is -0.389 e. The van der Waals surface area contributed by atoms with Gasteiger partial charge in [0.25, 0.3) is 0 Å². The fourth-order valence-electron chi connectivity index (χ4n) is 1.74. The van der Waals surface area contributed by atoms with Gasteiger partial charge < -0.3 is 11.1 Å². The van der Waals surface area contributed by atoms with Crippen molar-refractivity contribution in [3.8, 4) is 0 Å². The van der Waals surface area contributed by atoms with Crippen molar-refractivity contribution in [2.24, 2.45) is 5.73 Å². The first kappa shape index (κ1) is 13.4. The minimum atomic E-state index is -0.222. The topological polar surface area (TPSA) is 50.9 Å². The van der Waals surface area contributed by atoms with Crippen LogP contribution in [0.5, 0.6) is 0 Å². The zero-order valence-corrected chi connectivity index (χ0v) is 11.1. The number of hydrogen-bond acceptors (Lipinski definition) is 3. The molecule has 3 N–H and O–H groups in total. The van der Waals surface area contributed by atoms with Gasteiger partial charge in [-0.3, -0.25) is 4.98 Å². The van der Waals surface area contributed by atoms with Gasteiger partial charge in [0.2, 0.25) is 0 Å². The Labute approximate surface area is 116 Å². The molecule has 0 radical (unpaired) electrons. The van der Waals surface area contributed by atoms with Crippen LogP contribution in [0.2, 0.25) is 0 Å². The Morgan fingerprint density at radius 2 is 2.00 bits per heavy atom. The van der Waals surface area contributed by atoms with Crippen LogP contribution in [0.15, 0.2) is 42.7 Å². The number of benzene rings is 1. The first-order chi connectivity index (χ1) is 9.16. The second-order valence-corrected chi connectivity index (χ2v) is 4.53. The van der Waals surface area contributed by atoms with Crippen LogP contribution in [0.1, 0.15) is 11.1 Å². The van der Waals surface area contributed by atoms with Gasteiger partial charge in [-0.25, -0.2) is 4.39 Å². The zero-order chi connectivity index (χ0) is 13.7. The van der Waals surface area contributed by atoms with Crippen molar-refractivity contribution in [3.05, 3.63) is 59.7 Å². The third-order valence-electron chi connectivity index (χ3n) is 2.73. The second-order valence-electron chi connectivity index (χ2n) is 4.09. The van der Waals surface area contributed by atoms with E-state index in [0.717, 1.165) is 23.2 Å². The maximum Gasteiger partial charge on any atom is 0.123 e. The van der Waals surface area contributed by atoms with Gasteiger partial charge in [0.05, 0.1) is 11.9 Å². The molecule has 0 aliphatic rings. The van der Waals surface area contributed by atoms with Crippen molar-refractivity contribution in [2.45, 2.75) is 6.42 Å². The molecule has 0 aliphatic heterocycles. The average Bonchev–Trinajstić information content (AvgIpc) is 2.41. The van der Waals surface area contributed by atoms with E-state index in [4.69, 9.17) is 18.0 Å². The molecule has 98 valence electrons. The van der Waals surface area contributed by atoms with Gasteiger partial charge in [0.1, 0.15) is 10.8 Å². The molecule has 0 atom stereocenters. The fraction of sp³-hybridized carbons (Fsp3) is 0.143.